The van der Waals surface area contributed by atoms with Crippen molar-refractivity contribution in [3.63, 3.8) is 0 Å². The molecule has 0 aromatic carbocycles. The Balaban J connectivity index is 2.35. The first-order valence-corrected chi connectivity index (χ1v) is 6.28. The zero-order valence-electron chi connectivity index (χ0n) is 11.4. The maximum absolute atomic E-state index is 4.53. The molecule has 2 aromatic rings. The van der Waals surface area contributed by atoms with E-state index in [1.54, 1.807) is 0 Å². The molecule has 0 bridgehead atoms. The van der Waals surface area contributed by atoms with E-state index >= 15 is 0 Å². The minimum atomic E-state index is 0.457. The minimum absolute atomic E-state index is 0.457. The van der Waals surface area contributed by atoms with Gasteiger partial charge in [0.2, 0.25) is 0 Å². The van der Waals surface area contributed by atoms with Crippen LogP contribution < -0.4 is 5.32 Å². The second-order valence-corrected chi connectivity index (χ2v) is 4.88. The molecule has 1 N–H and O–H groups in total. The van der Waals surface area contributed by atoms with Crippen molar-refractivity contribution < 1.29 is 0 Å². The summed E-state index contributed by atoms with van der Waals surface area (Å²) in [5.74, 6) is 0. The molecule has 4 heteroatoms. The number of rotatable bonds is 4. The number of aromatic nitrogens is 3. The molecule has 0 atom stereocenters. The Hall–Kier alpha value is -1.68. The summed E-state index contributed by atoms with van der Waals surface area (Å²) in [4.78, 5) is 4.20. The van der Waals surface area contributed by atoms with Gasteiger partial charge in [-0.15, -0.1) is 0 Å². The molecule has 0 radical (unpaired) electrons. The van der Waals surface area contributed by atoms with Crippen molar-refractivity contribution in [1.29, 1.82) is 0 Å². The molecular formula is C14H20N4. The summed E-state index contributed by atoms with van der Waals surface area (Å²) in [6, 6.07) is 4.55. The quantitative estimate of drug-likeness (QED) is 0.898. The molecule has 2 aromatic heterocycles. The van der Waals surface area contributed by atoms with Gasteiger partial charge in [-0.3, -0.25) is 4.98 Å². The first kappa shape index (κ1) is 12.8. The third-order valence-electron chi connectivity index (χ3n) is 2.82. The molecular weight excluding hydrogens is 224 g/mol. The highest BCUT2D eigenvalue weighted by atomic mass is 15.3. The predicted octanol–water partition coefficient (Wildman–Crippen LogP) is 2.38. The molecule has 0 spiro atoms. The van der Waals surface area contributed by atoms with Crippen LogP contribution in [0.15, 0.2) is 24.5 Å². The van der Waals surface area contributed by atoms with E-state index in [0.717, 1.165) is 29.2 Å². The van der Waals surface area contributed by atoms with Crippen molar-refractivity contribution >= 4 is 0 Å². The molecule has 0 aliphatic rings. The van der Waals surface area contributed by atoms with Crippen LogP contribution in [0.1, 0.15) is 30.8 Å². The van der Waals surface area contributed by atoms with Crippen molar-refractivity contribution in [3.8, 4) is 5.69 Å². The fourth-order valence-corrected chi connectivity index (χ4v) is 1.95. The Labute approximate surface area is 108 Å². The van der Waals surface area contributed by atoms with Crippen molar-refractivity contribution in [1.82, 2.24) is 20.1 Å². The lowest BCUT2D eigenvalue weighted by atomic mass is 10.2. The smallest absolute Gasteiger partial charge is 0.0724 e. The third-order valence-corrected chi connectivity index (χ3v) is 2.82. The Morgan fingerprint density at radius 3 is 2.72 bits per heavy atom. The zero-order valence-corrected chi connectivity index (χ0v) is 11.4. The molecule has 0 saturated carbocycles. The van der Waals surface area contributed by atoms with E-state index in [9.17, 15) is 0 Å². The van der Waals surface area contributed by atoms with Crippen molar-refractivity contribution in [2.75, 3.05) is 0 Å². The molecule has 4 nitrogen and oxygen atoms in total. The maximum atomic E-state index is 4.53. The van der Waals surface area contributed by atoms with Crippen molar-refractivity contribution in [2.45, 2.75) is 40.3 Å². The molecule has 0 unspecified atom stereocenters. The lowest BCUT2D eigenvalue weighted by molar-refractivity contribution is 0.585. The van der Waals surface area contributed by atoms with Crippen LogP contribution in [0.25, 0.3) is 5.69 Å². The number of pyridine rings is 1. The first-order chi connectivity index (χ1) is 8.58. The molecule has 2 rings (SSSR count). The fourth-order valence-electron chi connectivity index (χ4n) is 1.95. The van der Waals surface area contributed by atoms with E-state index in [1.807, 2.05) is 30.1 Å². The summed E-state index contributed by atoms with van der Waals surface area (Å²) in [7, 11) is 0. The van der Waals surface area contributed by atoms with E-state index < -0.39 is 0 Å². The Kier molecular flexibility index (Phi) is 3.77. The molecule has 18 heavy (non-hydrogen) atoms. The fraction of sp³-hybridized carbons (Fsp3) is 0.429. The lowest BCUT2D eigenvalue weighted by Crippen LogP contribution is -2.23. The van der Waals surface area contributed by atoms with Gasteiger partial charge in [0.1, 0.15) is 0 Å². The van der Waals surface area contributed by atoms with Crippen LogP contribution in [0, 0.1) is 13.8 Å². The second-order valence-electron chi connectivity index (χ2n) is 4.88. The number of nitrogens with zero attached hydrogens (tertiary/aromatic N) is 3. The van der Waals surface area contributed by atoms with Gasteiger partial charge in [-0.05, 0) is 26.0 Å². The van der Waals surface area contributed by atoms with Crippen LogP contribution in [0.4, 0.5) is 0 Å². The van der Waals surface area contributed by atoms with Gasteiger partial charge in [0, 0.05) is 36.2 Å². The number of nitrogens with one attached hydrogen (secondary N) is 1. The average Bonchev–Trinajstić information content (AvgIpc) is 2.66. The predicted molar refractivity (Wildman–Crippen MR) is 72.8 cm³/mol. The van der Waals surface area contributed by atoms with E-state index in [2.05, 4.69) is 42.2 Å². The van der Waals surface area contributed by atoms with Crippen molar-refractivity contribution in [2.24, 2.45) is 0 Å². The van der Waals surface area contributed by atoms with Gasteiger partial charge in [-0.1, -0.05) is 13.8 Å². The summed E-state index contributed by atoms with van der Waals surface area (Å²) < 4.78 is 1.98. The van der Waals surface area contributed by atoms with E-state index in [-0.39, 0.29) is 0 Å². The Morgan fingerprint density at radius 1 is 1.33 bits per heavy atom. The van der Waals surface area contributed by atoms with E-state index in [4.69, 9.17) is 0 Å². The topological polar surface area (TPSA) is 42.7 Å². The highest BCUT2D eigenvalue weighted by Crippen LogP contribution is 2.15. The van der Waals surface area contributed by atoms with Crippen LogP contribution >= 0.6 is 0 Å². The highest BCUT2D eigenvalue weighted by Gasteiger charge is 2.09. The zero-order chi connectivity index (χ0) is 13.1. The third kappa shape index (κ3) is 2.76. The normalized spacial score (nSPS) is 11.2. The number of hydrogen-bond donors (Lipinski definition) is 1. The van der Waals surface area contributed by atoms with Crippen LogP contribution in [-0.4, -0.2) is 20.8 Å². The molecule has 0 aliphatic heterocycles. The van der Waals surface area contributed by atoms with Crippen LogP contribution in [0.3, 0.4) is 0 Å². The molecule has 0 aliphatic carbocycles. The summed E-state index contributed by atoms with van der Waals surface area (Å²) in [6.07, 6.45) is 3.71. The molecule has 0 fully saturated rings. The standard InChI is InChI=1S/C14H20N4/c1-10(2)16-9-13-8-15-6-5-14(13)18-12(4)7-11(3)17-18/h5-8,10,16H,9H2,1-4H3. The summed E-state index contributed by atoms with van der Waals surface area (Å²) in [5, 5.41) is 7.95. The molecule has 0 amide bonds. The first-order valence-electron chi connectivity index (χ1n) is 6.28. The van der Waals surface area contributed by atoms with Gasteiger partial charge in [-0.2, -0.15) is 5.10 Å². The van der Waals surface area contributed by atoms with Crippen molar-refractivity contribution in [3.05, 3.63) is 41.5 Å². The van der Waals surface area contributed by atoms with Gasteiger partial charge >= 0.3 is 0 Å². The monoisotopic (exact) mass is 244 g/mol. The van der Waals surface area contributed by atoms with Gasteiger partial charge in [0.05, 0.1) is 11.4 Å². The average molecular weight is 244 g/mol. The largest absolute Gasteiger partial charge is 0.310 e. The summed E-state index contributed by atoms with van der Waals surface area (Å²) >= 11 is 0. The highest BCUT2D eigenvalue weighted by molar-refractivity contribution is 5.39. The lowest BCUT2D eigenvalue weighted by Gasteiger charge is -2.13. The van der Waals surface area contributed by atoms with Crippen LogP contribution in [-0.2, 0) is 6.54 Å². The van der Waals surface area contributed by atoms with Gasteiger partial charge in [0.25, 0.3) is 0 Å². The molecule has 2 heterocycles. The van der Waals surface area contributed by atoms with Gasteiger partial charge in [-0.25, -0.2) is 4.68 Å². The number of aryl methyl sites for hydroxylation is 2. The summed E-state index contributed by atoms with van der Waals surface area (Å²) in [6.45, 7) is 9.16. The Morgan fingerprint density at radius 2 is 2.11 bits per heavy atom. The SMILES string of the molecule is Cc1cc(C)n(-c2ccncc2CNC(C)C)n1. The molecule has 0 saturated heterocycles. The van der Waals surface area contributed by atoms with Crippen LogP contribution in [0.5, 0.6) is 0 Å². The minimum Gasteiger partial charge on any atom is -0.310 e. The van der Waals surface area contributed by atoms with E-state index in [1.165, 1.54) is 0 Å². The van der Waals surface area contributed by atoms with Gasteiger partial charge in [0.15, 0.2) is 0 Å². The Bertz CT molecular complexity index is 528. The van der Waals surface area contributed by atoms with Crippen LogP contribution in [0.2, 0.25) is 0 Å². The number of hydrogen-bond acceptors (Lipinski definition) is 3. The van der Waals surface area contributed by atoms with E-state index in [0.29, 0.717) is 6.04 Å². The second kappa shape index (κ2) is 5.31. The summed E-state index contributed by atoms with van der Waals surface area (Å²) in [5.41, 5.74) is 4.44. The molecule has 96 valence electrons. The maximum Gasteiger partial charge on any atom is 0.0724 e. The van der Waals surface area contributed by atoms with Gasteiger partial charge < -0.3 is 5.32 Å².